The number of nitrogens with one attached hydrogen (secondary N) is 1. The van der Waals surface area contributed by atoms with Crippen LogP contribution < -0.4 is 0 Å². The van der Waals surface area contributed by atoms with Gasteiger partial charge in [0, 0.05) is 13.1 Å². The van der Waals surface area contributed by atoms with Gasteiger partial charge in [-0.05, 0) is 31.0 Å². The molecule has 2 heterocycles. The minimum atomic E-state index is 0.230. The van der Waals surface area contributed by atoms with Crippen molar-refractivity contribution in [1.29, 1.82) is 5.41 Å². The van der Waals surface area contributed by atoms with E-state index >= 15 is 0 Å². The zero-order valence-electron chi connectivity index (χ0n) is 14.8. The predicted molar refractivity (Wildman–Crippen MR) is 104 cm³/mol. The van der Waals surface area contributed by atoms with Gasteiger partial charge in [-0.25, -0.2) is 4.98 Å². The molecule has 0 unspecified atom stereocenters. The molecule has 26 heavy (non-hydrogen) atoms. The summed E-state index contributed by atoms with van der Waals surface area (Å²) < 4.78 is 2.07. The summed E-state index contributed by atoms with van der Waals surface area (Å²) in [6.45, 7) is 3.86. The quantitative estimate of drug-likeness (QED) is 0.737. The number of benzene rings is 2. The van der Waals surface area contributed by atoms with E-state index in [9.17, 15) is 5.11 Å². The monoisotopic (exact) mass is 346 g/mol. The lowest BCUT2D eigenvalue weighted by atomic mass is 10.1. The Morgan fingerprint density at radius 3 is 2.58 bits per heavy atom. The third kappa shape index (κ3) is 2.75. The van der Waals surface area contributed by atoms with Gasteiger partial charge < -0.3 is 14.6 Å². The highest BCUT2D eigenvalue weighted by Crippen LogP contribution is 2.29. The van der Waals surface area contributed by atoms with Gasteiger partial charge in [-0.1, -0.05) is 42.5 Å². The van der Waals surface area contributed by atoms with Crippen LogP contribution in [0.5, 0.6) is 0 Å². The Balaban J connectivity index is 1.61. The fourth-order valence-corrected chi connectivity index (χ4v) is 3.55. The van der Waals surface area contributed by atoms with Gasteiger partial charge in [-0.2, -0.15) is 0 Å². The third-order valence-electron chi connectivity index (χ3n) is 4.89. The molecular formula is C21H22N4O. The zero-order valence-corrected chi connectivity index (χ0v) is 14.8. The van der Waals surface area contributed by atoms with E-state index in [1.807, 2.05) is 47.4 Å². The van der Waals surface area contributed by atoms with Crippen LogP contribution in [0, 0.1) is 5.41 Å². The SMILES string of the molecule is CCn1c(C2=C(O)CN(CCc3ccccc3)C2=N)nc2ccccc21. The van der Waals surface area contributed by atoms with E-state index in [-0.39, 0.29) is 5.76 Å². The van der Waals surface area contributed by atoms with Crippen LogP contribution in [0.1, 0.15) is 18.3 Å². The number of aryl methyl sites for hydroxylation is 1. The standard InChI is InChI=1S/C21H22N4O/c1-2-25-17-11-7-6-10-16(17)23-21(25)19-18(26)14-24(20(19)22)13-12-15-8-4-3-5-9-15/h3-11,22,26H,2,12-14H2,1H3. The smallest absolute Gasteiger partial charge is 0.148 e. The van der Waals surface area contributed by atoms with Crippen molar-refractivity contribution in [3.8, 4) is 0 Å². The van der Waals surface area contributed by atoms with Crippen molar-refractivity contribution < 1.29 is 5.11 Å². The van der Waals surface area contributed by atoms with Crippen molar-refractivity contribution >= 4 is 22.4 Å². The summed E-state index contributed by atoms with van der Waals surface area (Å²) >= 11 is 0. The number of para-hydroxylation sites is 2. The highest BCUT2D eigenvalue weighted by Gasteiger charge is 2.31. The summed E-state index contributed by atoms with van der Waals surface area (Å²) in [7, 11) is 0. The first-order chi connectivity index (χ1) is 12.7. The molecule has 0 fully saturated rings. The number of fused-ring (bicyclic) bond motifs is 1. The van der Waals surface area contributed by atoms with Gasteiger partial charge in [0.2, 0.25) is 0 Å². The van der Waals surface area contributed by atoms with Gasteiger partial charge >= 0.3 is 0 Å². The number of amidine groups is 1. The first kappa shape index (κ1) is 16.4. The van der Waals surface area contributed by atoms with Crippen LogP contribution in [0.4, 0.5) is 0 Å². The van der Waals surface area contributed by atoms with Gasteiger partial charge in [-0.3, -0.25) is 5.41 Å². The Bertz CT molecular complexity index is 988. The van der Waals surface area contributed by atoms with E-state index in [1.54, 1.807) is 0 Å². The van der Waals surface area contributed by atoms with Gasteiger partial charge in [0.15, 0.2) is 0 Å². The number of aliphatic hydroxyl groups is 1. The van der Waals surface area contributed by atoms with Crippen molar-refractivity contribution in [3.63, 3.8) is 0 Å². The molecule has 0 atom stereocenters. The molecule has 0 spiro atoms. The largest absolute Gasteiger partial charge is 0.510 e. The minimum Gasteiger partial charge on any atom is -0.510 e. The Hall–Kier alpha value is -3.08. The van der Waals surface area contributed by atoms with Gasteiger partial charge in [0.05, 0.1) is 23.2 Å². The Labute approximate surface area is 152 Å². The number of imidazole rings is 1. The van der Waals surface area contributed by atoms with E-state index in [0.29, 0.717) is 30.3 Å². The maximum absolute atomic E-state index is 10.6. The maximum atomic E-state index is 10.6. The van der Waals surface area contributed by atoms with E-state index in [0.717, 1.165) is 24.0 Å². The molecule has 0 bridgehead atoms. The van der Waals surface area contributed by atoms with E-state index in [1.165, 1.54) is 5.56 Å². The second kappa shape index (κ2) is 6.67. The molecule has 2 N–H and O–H groups in total. The molecule has 2 aromatic carbocycles. The highest BCUT2D eigenvalue weighted by atomic mass is 16.3. The molecule has 0 aliphatic carbocycles. The van der Waals surface area contributed by atoms with Gasteiger partial charge in [-0.15, -0.1) is 0 Å². The number of rotatable bonds is 5. The summed E-state index contributed by atoms with van der Waals surface area (Å²) in [5, 5.41) is 19.2. The zero-order chi connectivity index (χ0) is 18.1. The summed E-state index contributed by atoms with van der Waals surface area (Å²) in [6.07, 6.45) is 0.841. The van der Waals surface area contributed by atoms with Crippen LogP contribution in [0.25, 0.3) is 16.6 Å². The molecule has 0 amide bonds. The Morgan fingerprint density at radius 2 is 1.81 bits per heavy atom. The van der Waals surface area contributed by atoms with Crippen molar-refractivity contribution in [2.45, 2.75) is 19.9 Å². The molecule has 0 saturated carbocycles. The van der Waals surface area contributed by atoms with E-state index in [2.05, 4.69) is 23.6 Å². The van der Waals surface area contributed by atoms with Crippen LogP contribution in [-0.2, 0) is 13.0 Å². The van der Waals surface area contributed by atoms with Crippen LogP contribution in [-0.4, -0.2) is 38.5 Å². The lowest BCUT2D eigenvalue weighted by Crippen LogP contribution is -2.29. The molecular weight excluding hydrogens is 324 g/mol. The average Bonchev–Trinajstić information content (AvgIpc) is 3.17. The number of aromatic nitrogens is 2. The van der Waals surface area contributed by atoms with Crippen molar-refractivity contribution in [2.75, 3.05) is 13.1 Å². The van der Waals surface area contributed by atoms with Crippen molar-refractivity contribution in [2.24, 2.45) is 0 Å². The molecule has 1 aliphatic heterocycles. The summed E-state index contributed by atoms with van der Waals surface area (Å²) in [5.74, 6) is 1.26. The summed E-state index contributed by atoms with van der Waals surface area (Å²) in [5.41, 5.74) is 3.70. The van der Waals surface area contributed by atoms with Gasteiger partial charge in [0.25, 0.3) is 0 Å². The molecule has 5 heteroatoms. The predicted octanol–water partition coefficient (Wildman–Crippen LogP) is 3.86. The number of hydrogen-bond acceptors (Lipinski definition) is 3. The Kier molecular flexibility index (Phi) is 4.21. The Morgan fingerprint density at radius 1 is 1.08 bits per heavy atom. The highest BCUT2D eigenvalue weighted by molar-refractivity contribution is 6.23. The molecule has 1 aliphatic rings. The van der Waals surface area contributed by atoms with Crippen LogP contribution in [0.15, 0.2) is 60.4 Å². The second-order valence-corrected chi connectivity index (χ2v) is 6.50. The van der Waals surface area contributed by atoms with Crippen molar-refractivity contribution in [3.05, 3.63) is 71.7 Å². The minimum absolute atomic E-state index is 0.230. The number of aliphatic hydroxyl groups excluding tert-OH is 1. The first-order valence-corrected chi connectivity index (χ1v) is 8.94. The average molecular weight is 346 g/mol. The molecule has 0 radical (unpaired) electrons. The summed E-state index contributed by atoms with van der Waals surface area (Å²) in [4.78, 5) is 6.61. The molecule has 132 valence electrons. The number of nitrogens with zero attached hydrogens (tertiary/aromatic N) is 3. The fourth-order valence-electron chi connectivity index (χ4n) is 3.55. The molecule has 1 aromatic heterocycles. The first-order valence-electron chi connectivity index (χ1n) is 8.94. The van der Waals surface area contributed by atoms with Gasteiger partial charge in [0.1, 0.15) is 17.4 Å². The lowest BCUT2D eigenvalue weighted by molar-refractivity contribution is 0.351. The second-order valence-electron chi connectivity index (χ2n) is 6.50. The van der Waals surface area contributed by atoms with Crippen LogP contribution >= 0.6 is 0 Å². The third-order valence-corrected chi connectivity index (χ3v) is 4.89. The molecule has 4 rings (SSSR count). The molecule has 3 aromatic rings. The lowest BCUT2D eigenvalue weighted by Gasteiger charge is -2.18. The topological polar surface area (TPSA) is 65.1 Å². The fraction of sp³-hybridized carbons (Fsp3) is 0.238. The van der Waals surface area contributed by atoms with Crippen LogP contribution in [0.3, 0.4) is 0 Å². The normalized spacial score (nSPS) is 14.7. The maximum Gasteiger partial charge on any atom is 0.148 e. The van der Waals surface area contributed by atoms with Crippen molar-refractivity contribution in [1.82, 2.24) is 14.5 Å². The van der Waals surface area contributed by atoms with E-state index < -0.39 is 0 Å². The number of hydrogen-bond donors (Lipinski definition) is 2. The van der Waals surface area contributed by atoms with Crippen LogP contribution in [0.2, 0.25) is 0 Å². The summed E-state index contributed by atoms with van der Waals surface area (Å²) in [6, 6.07) is 18.2. The molecule has 0 saturated heterocycles. The van der Waals surface area contributed by atoms with E-state index in [4.69, 9.17) is 10.4 Å². The molecule has 5 nitrogen and oxygen atoms in total.